The Hall–Kier alpha value is -2.12. The first-order chi connectivity index (χ1) is 11.0. The SMILES string of the molecule is CCCOc1c(Cl)cc(C=C2C(=O)NC(=S)NC2=O)cc1OC. The van der Waals surface area contributed by atoms with Crippen molar-refractivity contribution in [2.45, 2.75) is 13.3 Å². The fraction of sp³-hybridized carbons (Fsp3) is 0.267. The van der Waals surface area contributed by atoms with Crippen molar-refractivity contribution in [2.24, 2.45) is 0 Å². The van der Waals surface area contributed by atoms with E-state index in [1.807, 2.05) is 6.92 Å². The molecule has 1 aliphatic rings. The highest BCUT2D eigenvalue weighted by Gasteiger charge is 2.26. The lowest BCUT2D eigenvalue weighted by molar-refractivity contribution is -0.123. The zero-order valence-electron chi connectivity index (χ0n) is 12.6. The maximum absolute atomic E-state index is 11.9. The zero-order chi connectivity index (χ0) is 17.0. The van der Waals surface area contributed by atoms with E-state index in [9.17, 15) is 9.59 Å². The van der Waals surface area contributed by atoms with Crippen LogP contribution in [0, 0.1) is 0 Å². The molecule has 0 spiro atoms. The summed E-state index contributed by atoms with van der Waals surface area (Å²) in [7, 11) is 1.49. The maximum Gasteiger partial charge on any atom is 0.263 e. The van der Waals surface area contributed by atoms with Crippen LogP contribution in [-0.2, 0) is 9.59 Å². The van der Waals surface area contributed by atoms with Gasteiger partial charge < -0.3 is 9.47 Å². The van der Waals surface area contributed by atoms with Crippen LogP contribution in [0.25, 0.3) is 6.08 Å². The van der Waals surface area contributed by atoms with Gasteiger partial charge in [0.25, 0.3) is 11.8 Å². The van der Waals surface area contributed by atoms with Crippen LogP contribution in [0.5, 0.6) is 11.5 Å². The van der Waals surface area contributed by atoms with Crippen LogP contribution >= 0.6 is 23.8 Å². The molecule has 1 fully saturated rings. The number of methoxy groups -OCH3 is 1. The van der Waals surface area contributed by atoms with Gasteiger partial charge in [0, 0.05) is 0 Å². The van der Waals surface area contributed by atoms with Crippen LogP contribution in [0.15, 0.2) is 17.7 Å². The van der Waals surface area contributed by atoms with Crippen molar-refractivity contribution in [3.63, 3.8) is 0 Å². The van der Waals surface area contributed by atoms with E-state index in [1.54, 1.807) is 12.1 Å². The number of benzene rings is 1. The Kier molecular flexibility index (Phi) is 5.57. The lowest BCUT2D eigenvalue weighted by Gasteiger charge is -2.17. The molecule has 1 aliphatic heterocycles. The predicted octanol–water partition coefficient (Wildman–Crippen LogP) is 2.05. The summed E-state index contributed by atoms with van der Waals surface area (Å²) in [5.74, 6) is -0.290. The van der Waals surface area contributed by atoms with Gasteiger partial charge in [-0.3, -0.25) is 20.2 Å². The molecular formula is C15H15ClN2O4S. The van der Waals surface area contributed by atoms with Crippen molar-refractivity contribution in [3.8, 4) is 11.5 Å². The molecule has 1 aromatic carbocycles. The number of amides is 2. The van der Waals surface area contributed by atoms with Crippen molar-refractivity contribution in [3.05, 3.63) is 28.3 Å². The van der Waals surface area contributed by atoms with Gasteiger partial charge in [-0.15, -0.1) is 0 Å². The second-order valence-corrected chi connectivity index (χ2v) is 5.49. The minimum Gasteiger partial charge on any atom is -0.493 e. The molecule has 2 N–H and O–H groups in total. The molecule has 23 heavy (non-hydrogen) atoms. The topological polar surface area (TPSA) is 76.7 Å². The quantitative estimate of drug-likeness (QED) is 0.481. The third kappa shape index (κ3) is 4.00. The van der Waals surface area contributed by atoms with Crippen LogP contribution in [0.2, 0.25) is 5.02 Å². The number of hydrogen-bond acceptors (Lipinski definition) is 5. The predicted molar refractivity (Wildman–Crippen MR) is 90.7 cm³/mol. The zero-order valence-corrected chi connectivity index (χ0v) is 14.1. The average Bonchev–Trinajstić information content (AvgIpc) is 2.49. The fourth-order valence-electron chi connectivity index (χ4n) is 1.94. The molecule has 0 atom stereocenters. The smallest absolute Gasteiger partial charge is 0.263 e. The largest absolute Gasteiger partial charge is 0.493 e. The molecule has 2 rings (SSSR count). The van der Waals surface area contributed by atoms with Crippen LogP contribution < -0.4 is 20.1 Å². The Bertz CT molecular complexity index is 681. The van der Waals surface area contributed by atoms with Crippen LogP contribution in [-0.4, -0.2) is 30.6 Å². The summed E-state index contributed by atoms with van der Waals surface area (Å²) in [5.41, 5.74) is 0.461. The van der Waals surface area contributed by atoms with Gasteiger partial charge in [-0.05, 0) is 42.4 Å². The van der Waals surface area contributed by atoms with Crippen LogP contribution in [0.4, 0.5) is 0 Å². The Morgan fingerprint density at radius 1 is 1.26 bits per heavy atom. The lowest BCUT2D eigenvalue weighted by atomic mass is 10.1. The van der Waals surface area contributed by atoms with Gasteiger partial charge >= 0.3 is 0 Å². The second kappa shape index (κ2) is 7.43. The number of rotatable bonds is 5. The molecule has 1 aromatic rings. The highest BCUT2D eigenvalue weighted by molar-refractivity contribution is 7.80. The molecule has 0 aliphatic carbocycles. The molecule has 1 saturated heterocycles. The van der Waals surface area contributed by atoms with E-state index in [-0.39, 0.29) is 10.7 Å². The summed E-state index contributed by atoms with van der Waals surface area (Å²) in [4.78, 5) is 23.7. The Balaban J connectivity index is 2.38. The van der Waals surface area contributed by atoms with Gasteiger partial charge in [0.2, 0.25) is 0 Å². The number of carbonyl (C=O) groups is 2. The Morgan fingerprint density at radius 2 is 1.91 bits per heavy atom. The van der Waals surface area contributed by atoms with E-state index in [1.165, 1.54) is 13.2 Å². The number of carbonyl (C=O) groups excluding carboxylic acids is 2. The van der Waals surface area contributed by atoms with Gasteiger partial charge in [-0.1, -0.05) is 18.5 Å². The normalized spacial score (nSPS) is 14.2. The van der Waals surface area contributed by atoms with E-state index in [2.05, 4.69) is 10.6 Å². The molecule has 6 nitrogen and oxygen atoms in total. The molecule has 0 unspecified atom stereocenters. The van der Waals surface area contributed by atoms with Crippen molar-refractivity contribution in [1.82, 2.24) is 10.6 Å². The summed E-state index contributed by atoms with van der Waals surface area (Å²) in [6.45, 7) is 2.47. The van der Waals surface area contributed by atoms with Crippen molar-refractivity contribution < 1.29 is 19.1 Å². The molecular weight excluding hydrogens is 340 g/mol. The third-order valence-electron chi connectivity index (χ3n) is 2.96. The minimum atomic E-state index is -0.569. The first-order valence-corrected chi connectivity index (χ1v) is 7.63. The van der Waals surface area contributed by atoms with E-state index in [4.69, 9.17) is 33.3 Å². The molecule has 8 heteroatoms. The van der Waals surface area contributed by atoms with Gasteiger partial charge in [0.05, 0.1) is 18.7 Å². The summed E-state index contributed by atoms with van der Waals surface area (Å²) >= 11 is 11.0. The molecule has 2 amide bonds. The second-order valence-electron chi connectivity index (χ2n) is 4.68. The average molecular weight is 355 g/mol. The van der Waals surface area contributed by atoms with Crippen molar-refractivity contribution in [2.75, 3.05) is 13.7 Å². The third-order valence-corrected chi connectivity index (χ3v) is 3.44. The van der Waals surface area contributed by atoms with Crippen molar-refractivity contribution >= 4 is 46.8 Å². The first-order valence-electron chi connectivity index (χ1n) is 6.85. The fourth-order valence-corrected chi connectivity index (χ4v) is 2.40. The first kappa shape index (κ1) is 17.2. The van der Waals surface area contributed by atoms with E-state index in [0.717, 1.165) is 6.42 Å². The summed E-state index contributed by atoms with van der Waals surface area (Å²) in [5, 5.41) is 5.04. The summed E-state index contributed by atoms with van der Waals surface area (Å²) in [6.07, 6.45) is 2.23. The Morgan fingerprint density at radius 3 is 2.48 bits per heavy atom. The van der Waals surface area contributed by atoms with Gasteiger partial charge in [0.15, 0.2) is 16.6 Å². The monoisotopic (exact) mass is 354 g/mol. The van der Waals surface area contributed by atoms with Gasteiger partial charge in [0.1, 0.15) is 5.57 Å². The minimum absolute atomic E-state index is 0.0175. The maximum atomic E-state index is 11.9. The Labute approximate surface area is 143 Å². The summed E-state index contributed by atoms with van der Waals surface area (Å²) < 4.78 is 10.8. The van der Waals surface area contributed by atoms with Gasteiger partial charge in [-0.25, -0.2) is 0 Å². The highest BCUT2D eigenvalue weighted by Crippen LogP contribution is 2.37. The number of nitrogens with one attached hydrogen (secondary N) is 2. The lowest BCUT2D eigenvalue weighted by Crippen LogP contribution is -2.51. The van der Waals surface area contributed by atoms with Crippen molar-refractivity contribution in [1.29, 1.82) is 0 Å². The molecule has 0 aromatic heterocycles. The van der Waals surface area contributed by atoms with Crippen LogP contribution in [0.1, 0.15) is 18.9 Å². The number of halogens is 1. The molecule has 0 bridgehead atoms. The van der Waals surface area contributed by atoms with Crippen LogP contribution in [0.3, 0.4) is 0 Å². The molecule has 0 saturated carbocycles. The summed E-state index contributed by atoms with van der Waals surface area (Å²) in [6, 6.07) is 3.23. The standard InChI is InChI=1S/C15H15ClN2O4S/c1-3-4-22-12-10(16)6-8(7-11(12)21-2)5-9-13(19)17-15(23)18-14(9)20/h5-7H,3-4H2,1-2H3,(H2,17,18,19,20,23). The highest BCUT2D eigenvalue weighted by atomic mass is 35.5. The molecule has 122 valence electrons. The van der Waals surface area contributed by atoms with E-state index >= 15 is 0 Å². The molecule has 1 heterocycles. The number of hydrogen-bond donors (Lipinski definition) is 2. The van der Waals surface area contributed by atoms with E-state index < -0.39 is 11.8 Å². The number of thiocarbonyl (C=S) groups is 1. The van der Waals surface area contributed by atoms with E-state index in [0.29, 0.717) is 28.7 Å². The molecule has 0 radical (unpaired) electrons. The van der Waals surface area contributed by atoms with Gasteiger partial charge in [-0.2, -0.15) is 0 Å². The number of ether oxygens (including phenoxy) is 2.